The van der Waals surface area contributed by atoms with Crippen LogP contribution in [0.4, 0.5) is 5.82 Å². The molecule has 0 aliphatic heterocycles. The Balaban J connectivity index is 1.45. The molecule has 1 fully saturated rings. The van der Waals surface area contributed by atoms with Crippen molar-refractivity contribution >= 4 is 16.9 Å². The highest BCUT2D eigenvalue weighted by Crippen LogP contribution is 2.34. The Hall–Kier alpha value is -2.47. The van der Waals surface area contributed by atoms with Crippen molar-refractivity contribution in [2.75, 3.05) is 5.32 Å². The topological polar surface area (TPSA) is 92.5 Å². The number of hydrogen-bond donors (Lipinski definition) is 3. The molecule has 4 rings (SSSR count). The van der Waals surface area contributed by atoms with Crippen LogP contribution in [-0.2, 0) is 6.54 Å². The molecule has 0 radical (unpaired) electrons. The minimum atomic E-state index is 0.331. The molecule has 6 nitrogen and oxygen atoms in total. The Morgan fingerprint density at radius 3 is 2.95 bits per heavy atom. The SMILES string of the molecule is NC1CC(c2cc(NCc3ccc4nc[nH]c4c3)ncn2)C1. The lowest BCUT2D eigenvalue weighted by atomic mass is 9.79. The molecule has 0 amide bonds. The summed E-state index contributed by atoms with van der Waals surface area (Å²) in [5, 5.41) is 3.36. The monoisotopic (exact) mass is 294 g/mol. The van der Waals surface area contributed by atoms with E-state index in [1.165, 1.54) is 5.56 Å². The number of benzene rings is 1. The van der Waals surface area contributed by atoms with E-state index in [4.69, 9.17) is 5.73 Å². The predicted molar refractivity (Wildman–Crippen MR) is 85.4 cm³/mol. The molecule has 1 aromatic carbocycles. The highest BCUT2D eigenvalue weighted by atomic mass is 15.0. The fourth-order valence-electron chi connectivity index (χ4n) is 2.88. The van der Waals surface area contributed by atoms with Gasteiger partial charge in [-0.1, -0.05) is 6.07 Å². The second kappa shape index (κ2) is 5.38. The highest BCUT2D eigenvalue weighted by molar-refractivity contribution is 5.75. The fraction of sp³-hybridized carbons (Fsp3) is 0.312. The zero-order valence-electron chi connectivity index (χ0n) is 12.2. The summed E-state index contributed by atoms with van der Waals surface area (Å²) in [6.07, 6.45) is 5.38. The van der Waals surface area contributed by atoms with Gasteiger partial charge in [0.2, 0.25) is 0 Å². The van der Waals surface area contributed by atoms with Crippen molar-refractivity contribution in [3.05, 3.63) is 48.2 Å². The molecule has 0 atom stereocenters. The van der Waals surface area contributed by atoms with Gasteiger partial charge in [-0.05, 0) is 30.5 Å². The number of nitrogens with one attached hydrogen (secondary N) is 2. The number of nitrogens with two attached hydrogens (primary N) is 1. The van der Waals surface area contributed by atoms with Gasteiger partial charge in [0.15, 0.2) is 0 Å². The quantitative estimate of drug-likeness (QED) is 0.686. The Labute approximate surface area is 128 Å². The van der Waals surface area contributed by atoms with E-state index in [2.05, 4.69) is 37.4 Å². The van der Waals surface area contributed by atoms with E-state index in [0.717, 1.165) is 41.9 Å². The van der Waals surface area contributed by atoms with Gasteiger partial charge in [-0.25, -0.2) is 15.0 Å². The Bertz CT molecular complexity index is 790. The molecular formula is C16H18N6. The molecule has 0 spiro atoms. The van der Waals surface area contributed by atoms with Crippen LogP contribution in [0.3, 0.4) is 0 Å². The molecule has 4 N–H and O–H groups in total. The Morgan fingerprint density at radius 2 is 2.09 bits per heavy atom. The molecule has 3 aromatic rings. The van der Waals surface area contributed by atoms with E-state index in [1.807, 2.05) is 12.1 Å². The van der Waals surface area contributed by atoms with Crippen molar-refractivity contribution in [3.8, 4) is 0 Å². The number of H-pyrrole nitrogens is 1. The highest BCUT2D eigenvalue weighted by Gasteiger charge is 2.28. The second-order valence-electron chi connectivity index (χ2n) is 5.86. The van der Waals surface area contributed by atoms with Crippen molar-refractivity contribution < 1.29 is 0 Å². The summed E-state index contributed by atoms with van der Waals surface area (Å²) >= 11 is 0. The van der Waals surface area contributed by atoms with Crippen LogP contribution in [0.2, 0.25) is 0 Å². The van der Waals surface area contributed by atoms with Gasteiger partial charge < -0.3 is 16.0 Å². The van der Waals surface area contributed by atoms with Crippen LogP contribution in [0.25, 0.3) is 11.0 Å². The van der Waals surface area contributed by atoms with E-state index < -0.39 is 0 Å². The molecule has 0 bridgehead atoms. The molecule has 2 heterocycles. The molecule has 1 aliphatic carbocycles. The third kappa shape index (κ3) is 2.53. The van der Waals surface area contributed by atoms with Crippen LogP contribution in [0.1, 0.15) is 30.0 Å². The van der Waals surface area contributed by atoms with Gasteiger partial charge in [-0.3, -0.25) is 0 Å². The molecule has 1 aliphatic rings. The molecule has 112 valence electrons. The number of anilines is 1. The lowest BCUT2D eigenvalue weighted by Gasteiger charge is -2.31. The van der Waals surface area contributed by atoms with Crippen LogP contribution in [0.5, 0.6) is 0 Å². The number of hydrogen-bond acceptors (Lipinski definition) is 5. The largest absolute Gasteiger partial charge is 0.366 e. The maximum atomic E-state index is 5.85. The minimum absolute atomic E-state index is 0.331. The maximum absolute atomic E-state index is 5.85. The van der Waals surface area contributed by atoms with Crippen molar-refractivity contribution in [2.24, 2.45) is 5.73 Å². The van der Waals surface area contributed by atoms with E-state index in [-0.39, 0.29) is 0 Å². The molecule has 0 saturated heterocycles. The summed E-state index contributed by atoms with van der Waals surface area (Å²) in [4.78, 5) is 16.0. The summed E-state index contributed by atoms with van der Waals surface area (Å²) in [5.41, 5.74) is 10.1. The first-order chi connectivity index (χ1) is 10.8. The van der Waals surface area contributed by atoms with Crippen LogP contribution in [0, 0.1) is 0 Å². The average molecular weight is 294 g/mol. The van der Waals surface area contributed by atoms with Gasteiger partial charge in [0.1, 0.15) is 12.1 Å². The van der Waals surface area contributed by atoms with Crippen LogP contribution < -0.4 is 11.1 Å². The lowest BCUT2D eigenvalue weighted by molar-refractivity contribution is 0.345. The first-order valence-electron chi connectivity index (χ1n) is 7.51. The summed E-state index contributed by atoms with van der Waals surface area (Å²) in [6.45, 7) is 0.718. The first-order valence-corrected chi connectivity index (χ1v) is 7.51. The van der Waals surface area contributed by atoms with E-state index >= 15 is 0 Å². The minimum Gasteiger partial charge on any atom is -0.366 e. The summed E-state index contributed by atoms with van der Waals surface area (Å²) in [6, 6.07) is 8.55. The van der Waals surface area contributed by atoms with E-state index in [9.17, 15) is 0 Å². The molecular weight excluding hydrogens is 276 g/mol. The summed E-state index contributed by atoms with van der Waals surface area (Å²) in [7, 11) is 0. The molecule has 22 heavy (non-hydrogen) atoms. The first kappa shape index (κ1) is 13.2. The van der Waals surface area contributed by atoms with Crippen molar-refractivity contribution in [1.82, 2.24) is 19.9 Å². The van der Waals surface area contributed by atoms with Crippen molar-refractivity contribution in [1.29, 1.82) is 0 Å². The summed E-state index contributed by atoms with van der Waals surface area (Å²) < 4.78 is 0. The van der Waals surface area contributed by atoms with Crippen LogP contribution in [-0.4, -0.2) is 26.0 Å². The van der Waals surface area contributed by atoms with Gasteiger partial charge >= 0.3 is 0 Å². The molecule has 0 unspecified atom stereocenters. The Morgan fingerprint density at radius 1 is 1.18 bits per heavy atom. The normalized spacial score (nSPS) is 20.8. The third-order valence-corrected chi connectivity index (χ3v) is 4.24. The number of aromatic amines is 1. The molecule has 1 saturated carbocycles. The zero-order chi connectivity index (χ0) is 14.9. The number of nitrogens with zero attached hydrogens (tertiary/aromatic N) is 3. The zero-order valence-corrected chi connectivity index (χ0v) is 12.2. The number of rotatable bonds is 4. The van der Waals surface area contributed by atoms with E-state index in [0.29, 0.717) is 12.0 Å². The van der Waals surface area contributed by atoms with Gasteiger partial charge in [-0.2, -0.15) is 0 Å². The van der Waals surface area contributed by atoms with E-state index in [1.54, 1.807) is 12.7 Å². The molecule has 2 aromatic heterocycles. The average Bonchev–Trinajstić information content (AvgIpc) is 2.98. The number of aromatic nitrogens is 4. The number of fused-ring (bicyclic) bond motifs is 1. The standard InChI is InChI=1S/C16H18N6/c17-12-4-11(5-12)14-6-16(22-9-20-14)18-7-10-1-2-13-15(3-10)21-8-19-13/h1-3,6,8-9,11-12H,4-5,7,17H2,(H,19,21)(H,18,20,22). The van der Waals surface area contributed by atoms with Gasteiger partial charge in [0, 0.05) is 30.3 Å². The van der Waals surface area contributed by atoms with Crippen molar-refractivity contribution in [3.63, 3.8) is 0 Å². The third-order valence-electron chi connectivity index (χ3n) is 4.24. The van der Waals surface area contributed by atoms with Gasteiger partial charge in [0.25, 0.3) is 0 Å². The van der Waals surface area contributed by atoms with Crippen LogP contribution in [0.15, 0.2) is 36.9 Å². The smallest absolute Gasteiger partial charge is 0.129 e. The molecule has 6 heteroatoms. The lowest BCUT2D eigenvalue weighted by Crippen LogP contribution is -2.35. The van der Waals surface area contributed by atoms with Gasteiger partial charge in [0.05, 0.1) is 17.4 Å². The second-order valence-corrected chi connectivity index (χ2v) is 5.86. The fourth-order valence-corrected chi connectivity index (χ4v) is 2.88. The number of imidazole rings is 1. The Kier molecular flexibility index (Phi) is 3.23. The van der Waals surface area contributed by atoms with Gasteiger partial charge in [-0.15, -0.1) is 0 Å². The van der Waals surface area contributed by atoms with Crippen LogP contribution >= 0.6 is 0 Å². The maximum Gasteiger partial charge on any atom is 0.129 e. The van der Waals surface area contributed by atoms with Crippen molar-refractivity contribution in [2.45, 2.75) is 31.3 Å². The summed E-state index contributed by atoms with van der Waals surface area (Å²) in [5.74, 6) is 1.34. The predicted octanol–water partition coefficient (Wildman–Crippen LogP) is 2.17.